The molecule has 0 saturated heterocycles. The fourth-order valence-corrected chi connectivity index (χ4v) is 2.88. The Labute approximate surface area is 147 Å². The van der Waals surface area contributed by atoms with Gasteiger partial charge < -0.3 is 10.2 Å². The van der Waals surface area contributed by atoms with Crippen LogP contribution in [0.25, 0.3) is 11.0 Å². The zero-order valence-corrected chi connectivity index (χ0v) is 14.9. The van der Waals surface area contributed by atoms with Crippen molar-refractivity contribution >= 4 is 34.4 Å². The van der Waals surface area contributed by atoms with Crippen molar-refractivity contribution in [3.05, 3.63) is 41.6 Å². The van der Waals surface area contributed by atoms with Gasteiger partial charge in [-0.05, 0) is 25.0 Å². The molecular formula is C18H23ClN4O. The summed E-state index contributed by atoms with van der Waals surface area (Å²) in [6.07, 6.45) is 5.15. The number of pyridine rings is 2. The van der Waals surface area contributed by atoms with Gasteiger partial charge in [0.05, 0.1) is 5.02 Å². The number of hydrogen-bond donors (Lipinski definition) is 1. The van der Waals surface area contributed by atoms with E-state index >= 15 is 0 Å². The number of nitrogens with one attached hydrogen (secondary N) is 1. The summed E-state index contributed by atoms with van der Waals surface area (Å²) in [5.74, 6) is 0.349. The Morgan fingerprint density at radius 1 is 1.38 bits per heavy atom. The third-order valence-corrected chi connectivity index (χ3v) is 3.99. The third kappa shape index (κ3) is 3.85. The molecule has 0 bridgehead atoms. The van der Waals surface area contributed by atoms with Crippen LogP contribution < -0.4 is 5.32 Å². The van der Waals surface area contributed by atoms with Crippen molar-refractivity contribution < 1.29 is 4.79 Å². The van der Waals surface area contributed by atoms with Crippen molar-refractivity contribution in [2.45, 2.75) is 26.7 Å². The Bertz CT molecular complexity index is 726. The molecule has 2 rings (SSSR count). The first kappa shape index (κ1) is 18.2. The minimum Gasteiger partial charge on any atom is -0.366 e. The number of carbonyl (C=O) groups excluding carboxylic acids is 1. The van der Waals surface area contributed by atoms with Gasteiger partial charge in [-0.25, -0.2) is 9.97 Å². The van der Waals surface area contributed by atoms with E-state index in [0.717, 1.165) is 12.8 Å². The summed E-state index contributed by atoms with van der Waals surface area (Å²) in [5.41, 5.74) is 0.920. The number of hydrogen-bond acceptors (Lipinski definition) is 4. The summed E-state index contributed by atoms with van der Waals surface area (Å²) in [6, 6.07) is 3.62. The Morgan fingerprint density at radius 2 is 2.08 bits per heavy atom. The summed E-state index contributed by atoms with van der Waals surface area (Å²) in [5, 5.41) is 4.19. The van der Waals surface area contributed by atoms with Crippen LogP contribution in [-0.4, -0.2) is 40.4 Å². The molecule has 24 heavy (non-hydrogen) atoms. The molecule has 0 aliphatic rings. The fourth-order valence-electron chi connectivity index (χ4n) is 2.56. The largest absolute Gasteiger partial charge is 0.366 e. The van der Waals surface area contributed by atoms with E-state index in [2.05, 4.69) is 35.7 Å². The van der Waals surface area contributed by atoms with Crippen LogP contribution >= 0.6 is 11.6 Å². The number of anilines is 1. The highest BCUT2D eigenvalue weighted by molar-refractivity contribution is 6.39. The van der Waals surface area contributed by atoms with Gasteiger partial charge in [-0.15, -0.1) is 6.58 Å². The Balaban J connectivity index is 2.57. The van der Waals surface area contributed by atoms with E-state index < -0.39 is 0 Å². The second-order valence-corrected chi connectivity index (χ2v) is 5.86. The number of aromatic nitrogens is 2. The van der Waals surface area contributed by atoms with Gasteiger partial charge in [0.2, 0.25) is 0 Å². The van der Waals surface area contributed by atoms with Crippen molar-refractivity contribution in [2.24, 2.45) is 0 Å². The van der Waals surface area contributed by atoms with E-state index in [9.17, 15) is 4.79 Å². The lowest BCUT2D eigenvalue weighted by molar-refractivity contribution is 0.0756. The Morgan fingerprint density at radius 3 is 2.71 bits per heavy atom. The van der Waals surface area contributed by atoms with Crippen LogP contribution in [0.15, 0.2) is 31.0 Å². The standard InChI is InChI=1S/C18H23ClN4O/c1-4-9-20-17-14(18(24)23(11-5-2)12-6-3)15(19)13-8-7-10-21-16(13)22-17/h4,7-8,10H,1,5-6,9,11-12H2,2-3H3,(H,20,21,22). The molecule has 1 amide bonds. The van der Waals surface area contributed by atoms with E-state index in [1.54, 1.807) is 18.3 Å². The molecule has 2 heterocycles. The lowest BCUT2D eigenvalue weighted by atomic mass is 10.1. The smallest absolute Gasteiger partial charge is 0.259 e. The fraction of sp³-hybridized carbons (Fsp3) is 0.389. The minimum atomic E-state index is -0.103. The number of halogens is 1. The Kier molecular flexibility index (Phi) is 6.55. The predicted octanol–water partition coefficient (Wildman–Crippen LogP) is 4.14. The van der Waals surface area contributed by atoms with Gasteiger partial charge in [0.15, 0.2) is 5.65 Å². The van der Waals surface area contributed by atoms with E-state index in [4.69, 9.17) is 11.6 Å². The first-order valence-corrected chi connectivity index (χ1v) is 8.60. The van der Waals surface area contributed by atoms with E-state index in [1.807, 2.05) is 11.0 Å². The SMILES string of the molecule is C=CCNc1nc2ncccc2c(Cl)c1C(=O)N(CCC)CCC. The highest BCUT2D eigenvalue weighted by Gasteiger charge is 2.24. The quantitative estimate of drug-likeness (QED) is 0.730. The van der Waals surface area contributed by atoms with Crippen molar-refractivity contribution in [3.8, 4) is 0 Å². The summed E-state index contributed by atoms with van der Waals surface area (Å²) in [7, 11) is 0. The monoisotopic (exact) mass is 346 g/mol. The summed E-state index contributed by atoms with van der Waals surface area (Å²) in [6.45, 7) is 9.67. The highest BCUT2D eigenvalue weighted by Crippen LogP contribution is 2.31. The predicted molar refractivity (Wildman–Crippen MR) is 99.7 cm³/mol. The molecule has 0 radical (unpaired) electrons. The van der Waals surface area contributed by atoms with E-state index in [-0.39, 0.29) is 5.91 Å². The molecule has 0 spiro atoms. The zero-order chi connectivity index (χ0) is 17.5. The summed E-state index contributed by atoms with van der Waals surface area (Å²) < 4.78 is 0. The maximum absolute atomic E-state index is 13.1. The van der Waals surface area contributed by atoms with Gasteiger partial charge >= 0.3 is 0 Å². The maximum atomic E-state index is 13.1. The van der Waals surface area contributed by atoms with E-state index in [1.165, 1.54) is 0 Å². The molecule has 128 valence electrons. The molecule has 5 nitrogen and oxygen atoms in total. The Hall–Kier alpha value is -2.14. The van der Waals surface area contributed by atoms with Crippen LogP contribution in [0, 0.1) is 0 Å². The molecule has 0 aromatic carbocycles. The van der Waals surface area contributed by atoms with Gasteiger partial charge in [-0.2, -0.15) is 0 Å². The lowest BCUT2D eigenvalue weighted by Gasteiger charge is -2.23. The molecule has 0 aliphatic carbocycles. The second kappa shape index (κ2) is 8.64. The molecule has 0 unspecified atom stereocenters. The molecule has 0 aliphatic heterocycles. The topological polar surface area (TPSA) is 58.1 Å². The summed E-state index contributed by atoms with van der Waals surface area (Å²) in [4.78, 5) is 23.6. The number of amides is 1. The molecule has 6 heteroatoms. The normalized spacial score (nSPS) is 10.6. The van der Waals surface area contributed by atoms with Gasteiger partial charge in [0.1, 0.15) is 11.4 Å². The molecule has 0 fully saturated rings. The highest BCUT2D eigenvalue weighted by atomic mass is 35.5. The first-order valence-electron chi connectivity index (χ1n) is 8.22. The van der Waals surface area contributed by atoms with Crippen LogP contribution in [0.3, 0.4) is 0 Å². The lowest BCUT2D eigenvalue weighted by Crippen LogP contribution is -2.33. The molecule has 1 N–H and O–H groups in total. The maximum Gasteiger partial charge on any atom is 0.259 e. The van der Waals surface area contributed by atoms with Crippen LogP contribution in [-0.2, 0) is 0 Å². The van der Waals surface area contributed by atoms with Gasteiger partial charge in [0.25, 0.3) is 5.91 Å². The summed E-state index contributed by atoms with van der Waals surface area (Å²) >= 11 is 6.57. The number of nitrogens with zero attached hydrogens (tertiary/aromatic N) is 3. The third-order valence-electron chi connectivity index (χ3n) is 3.60. The molecule has 0 atom stereocenters. The molecule has 0 saturated carbocycles. The molecular weight excluding hydrogens is 324 g/mol. The average molecular weight is 347 g/mol. The van der Waals surface area contributed by atoms with Crippen molar-refractivity contribution in [3.63, 3.8) is 0 Å². The van der Waals surface area contributed by atoms with Crippen molar-refractivity contribution in [1.29, 1.82) is 0 Å². The minimum absolute atomic E-state index is 0.103. The van der Waals surface area contributed by atoms with Gasteiger partial charge in [-0.3, -0.25) is 4.79 Å². The van der Waals surface area contributed by atoms with Crippen molar-refractivity contribution in [2.75, 3.05) is 25.0 Å². The van der Waals surface area contributed by atoms with Gasteiger partial charge in [-0.1, -0.05) is 31.5 Å². The number of rotatable bonds is 8. The number of fused-ring (bicyclic) bond motifs is 1. The van der Waals surface area contributed by atoms with Crippen molar-refractivity contribution in [1.82, 2.24) is 14.9 Å². The number of carbonyl (C=O) groups is 1. The van der Waals surface area contributed by atoms with Gasteiger partial charge in [0, 0.05) is 31.2 Å². The van der Waals surface area contributed by atoms with Crippen LogP contribution in [0.4, 0.5) is 5.82 Å². The molecule has 2 aromatic heterocycles. The molecule has 2 aromatic rings. The first-order chi connectivity index (χ1) is 11.6. The average Bonchev–Trinajstić information content (AvgIpc) is 2.59. The van der Waals surface area contributed by atoms with E-state index in [0.29, 0.717) is 47.1 Å². The van der Waals surface area contributed by atoms with Crippen LogP contribution in [0.5, 0.6) is 0 Å². The second-order valence-electron chi connectivity index (χ2n) is 5.49. The van der Waals surface area contributed by atoms with Crippen LogP contribution in [0.2, 0.25) is 5.02 Å². The van der Waals surface area contributed by atoms with Crippen LogP contribution in [0.1, 0.15) is 37.0 Å². The zero-order valence-electron chi connectivity index (χ0n) is 14.2.